The number of nitriles is 1. The molecule has 0 radical (unpaired) electrons. The highest BCUT2D eigenvalue weighted by Crippen LogP contribution is 2.22. The Morgan fingerprint density at radius 3 is 2.93 bits per heavy atom. The minimum atomic E-state index is -0.898. The van der Waals surface area contributed by atoms with Gasteiger partial charge in [-0.15, -0.1) is 0 Å². The van der Waals surface area contributed by atoms with Crippen LogP contribution in [0.5, 0.6) is 0 Å². The lowest BCUT2D eigenvalue weighted by Crippen LogP contribution is -2.51. The molecule has 78 valence electrons. The summed E-state index contributed by atoms with van der Waals surface area (Å²) in [5, 5.41) is 11.1. The zero-order valence-corrected chi connectivity index (χ0v) is 8.37. The summed E-state index contributed by atoms with van der Waals surface area (Å²) < 4.78 is 10.3. The average molecular weight is 198 g/mol. The van der Waals surface area contributed by atoms with Crippen molar-refractivity contribution in [2.75, 3.05) is 20.3 Å². The van der Waals surface area contributed by atoms with Gasteiger partial charge in [0.1, 0.15) is 6.04 Å². The van der Waals surface area contributed by atoms with E-state index < -0.39 is 11.6 Å². The summed E-state index contributed by atoms with van der Waals surface area (Å²) in [6.45, 7) is 2.40. The highest BCUT2D eigenvalue weighted by Gasteiger charge is 2.42. The van der Waals surface area contributed by atoms with Gasteiger partial charge in [-0.25, -0.2) is 0 Å². The van der Waals surface area contributed by atoms with Crippen LogP contribution < -0.4 is 5.32 Å². The van der Waals surface area contributed by atoms with Gasteiger partial charge in [0.25, 0.3) is 5.91 Å². The van der Waals surface area contributed by atoms with Crippen LogP contribution in [0.25, 0.3) is 0 Å². The Hall–Kier alpha value is -1.12. The van der Waals surface area contributed by atoms with Crippen LogP contribution in [0.1, 0.15) is 13.3 Å². The molecule has 5 heteroatoms. The maximum atomic E-state index is 11.7. The van der Waals surface area contributed by atoms with Crippen molar-refractivity contribution in [2.45, 2.75) is 25.0 Å². The van der Waals surface area contributed by atoms with E-state index in [-0.39, 0.29) is 12.5 Å². The predicted octanol–water partition coefficient (Wildman–Crippen LogP) is -0.180. The van der Waals surface area contributed by atoms with Crippen LogP contribution in [-0.4, -0.2) is 37.9 Å². The number of nitrogens with one attached hydrogen (secondary N) is 1. The monoisotopic (exact) mass is 198 g/mol. The summed E-state index contributed by atoms with van der Waals surface area (Å²) in [5.41, 5.74) is -0.898. The highest BCUT2D eigenvalue weighted by molar-refractivity contribution is 5.86. The number of carbonyl (C=O) groups excluding carboxylic acids is 1. The SMILES string of the molecule is COC1(C(=O)NC(C)C#N)CCOC1. The zero-order valence-electron chi connectivity index (χ0n) is 8.37. The summed E-state index contributed by atoms with van der Waals surface area (Å²) >= 11 is 0. The number of methoxy groups -OCH3 is 1. The van der Waals surface area contributed by atoms with E-state index in [0.717, 1.165) is 0 Å². The molecule has 1 N–H and O–H groups in total. The van der Waals surface area contributed by atoms with Crippen molar-refractivity contribution < 1.29 is 14.3 Å². The lowest BCUT2D eigenvalue weighted by atomic mass is 10.0. The molecule has 1 saturated heterocycles. The molecular weight excluding hydrogens is 184 g/mol. The molecule has 0 aliphatic carbocycles. The average Bonchev–Trinajstić information content (AvgIpc) is 2.67. The van der Waals surface area contributed by atoms with Crippen molar-refractivity contribution in [1.82, 2.24) is 5.32 Å². The van der Waals surface area contributed by atoms with Gasteiger partial charge >= 0.3 is 0 Å². The topological polar surface area (TPSA) is 71.3 Å². The van der Waals surface area contributed by atoms with E-state index in [2.05, 4.69) is 5.32 Å². The third-order valence-electron chi connectivity index (χ3n) is 2.33. The highest BCUT2D eigenvalue weighted by atomic mass is 16.6. The Bertz CT molecular complexity index is 253. The van der Waals surface area contributed by atoms with E-state index >= 15 is 0 Å². The van der Waals surface area contributed by atoms with Crippen molar-refractivity contribution in [1.29, 1.82) is 5.26 Å². The Morgan fingerprint density at radius 1 is 1.79 bits per heavy atom. The molecule has 0 aromatic rings. The van der Waals surface area contributed by atoms with Crippen LogP contribution in [0.4, 0.5) is 0 Å². The van der Waals surface area contributed by atoms with Gasteiger partial charge in [0.2, 0.25) is 0 Å². The van der Waals surface area contributed by atoms with Crippen molar-refractivity contribution in [3.05, 3.63) is 0 Å². The standard InChI is InChI=1S/C9H14N2O3/c1-7(5-10)11-8(12)9(13-2)3-4-14-6-9/h7H,3-4,6H2,1-2H3,(H,11,12). The maximum Gasteiger partial charge on any atom is 0.255 e. The first kappa shape index (κ1) is 11.0. The number of hydrogen-bond acceptors (Lipinski definition) is 4. The summed E-state index contributed by atoms with van der Waals surface area (Å²) in [4.78, 5) is 11.7. The Balaban J connectivity index is 2.62. The Labute approximate surface area is 83.0 Å². The molecule has 0 aromatic carbocycles. The molecular formula is C9H14N2O3. The quantitative estimate of drug-likeness (QED) is 0.682. The van der Waals surface area contributed by atoms with E-state index in [1.165, 1.54) is 7.11 Å². The second-order valence-corrected chi connectivity index (χ2v) is 3.33. The molecule has 0 saturated carbocycles. The van der Waals surface area contributed by atoms with Gasteiger partial charge in [-0.3, -0.25) is 4.79 Å². The zero-order chi connectivity index (χ0) is 10.6. The van der Waals surface area contributed by atoms with Crippen LogP contribution in [0.2, 0.25) is 0 Å². The lowest BCUT2D eigenvalue weighted by Gasteiger charge is -2.24. The number of ether oxygens (including phenoxy) is 2. The molecule has 2 unspecified atom stereocenters. The summed E-state index contributed by atoms with van der Waals surface area (Å²) in [6, 6.07) is 1.43. The fourth-order valence-electron chi connectivity index (χ4n) is 1.34. The summed E-state index contributed by atoms with van der Waals surface area (Å²) in [6.07, 6.45) is 0.535. The number of amides is 1. The molecule has 2 atom stereocenters. The normalized spacial score (nSPS) is 28.1. The van der Waals surface area contributed by atoms with Gasteiger partial charge in [0.05, 0.1) is 19.3 Å². The molecule has 0 spiro atoms. The van der Waals surface area contributed by atoms with E-state index in [0.29, 0.717) is 13.0 Å². The molecule has 1 amide bonds. The number of hydrogen-bond donors (Lipinski definition) is 1. The molecule has 1 aliphatic heterocycles. The molecule has 5 nitrogen and oxygen atoms in total. The van der Waals surface area contributed by atoms with E-state index in [4.69, 9.17) is 14.7 Å². The number of rotatable bonds is 3. The first-order valence-electron chi connectivity index (χ1n) is 4.48. The van der Waals surface area contributed by atoms with Crippen molar-refractivity contribution in [2.24, 2.45) is 0 Å². The van der Waals surface area contributed by atoms with E-state index in [9.17, 15) is 4.79 Å². The first-order chi connectivity index (χ1) is 6.64. The largest absolute Gasteiger partial charge is 0.378 e. The molecule has 1 rings (SSSR count). The van der Waals surface area contributed by atoms with Crippen LogP contribution in [0, 0.1) is 11.3 Å². The minimum absolute atomic E-state index is 0.257. The number of nitrogens with zero attached hydrogens (tertiary/aromatic N) is 1. The van der Waals surface area contributed by atoms with Gasteiger partial charge in [0, 0.05) is 13.5 Å². The molecule has 1 fully saturated rings. The Morgan fingerprint density at radius 2 is 2.50 bits per heavy atom. The van der Waals surface area contributed by atoms with Crippen molar-refractivity contribution in [3.8, 4) is 6.07 Å². The fraction of sp³-hybridized carbons (Fsp3) is 0.778. The van der Waals surface area contributed by atoms with Crippen LogP contribution >= 0.6 is 0 Å². The van der Waals surface area contributed by atoms with Crippen LogP contribution in [0.3, 0.4) is 0 Å². The van der Waals surface area contributed by atoms with Crippen molar-refractivity contribution in [3.63, 3.8) is 0 Å². The van der Waals surface area contributed by atoms with E-state index in [1.807, 2.05) is 6.07 Å². The third-order valence-corrected chi connectivity index (χ3v) is 2.33. The second kappa shape index (κ2) is 4.40. The lowest BCUT2D eigenvalue weighted by molar-refractivity contribution is -0.143. The third kappa shape index (κ3) is 2.03. The van der Waals surface area contributed by atoms with Crippen LogP contribution in [0.15, 0.2) is 0 Å². The van der Waals surface area contributed by atoms with Crippen molar-refractivity contribution >= 4 is 5.91 Å². The molecule has 1 heterocycles. The van der Waals surface area contributed by atoms with E-state index in [1.54, 1.807) is 6.92 Å². The molecule has 0 aromatic heterocycles. The Kier molecular flexibility index (Phi) is 3.44. The predicted molar refractivity (Wildman–Crippen MR) is 48.4 cm³/mol. The molecule has 14 heavy (non-hydrogen) atoms. The molecule has 1 aliphatic rings. The minimum Gasteiger partial charge on any atom is -0.378 e. The van der Waals surface area contributed by atoms with Gasteiger partial charge < -0.3 is 14.8 Å². The summed E-state index contributed by atoms with van der Waals surface area (Å²) in [5.74, 6) is -0.272. The van der Waals surface area contributed by atoms with Gasteiger partial charge in [-0.2, -0.15) is 5.26 Å². The van der Waals surface area contributed by atoms with Gasteiger partial charge in [0.15, 0.2) is 5.60 Å². The second-order valence-electron chi connectivity index (χ2n) is 3.33. The van der Waals surface area contributed by atoms with Gasteiger partial charge in [-0.05, 0) is 6.92 Å². The number of carbonyl (C=O) groups is 1. The van der Waals surface area contributed by atoms with Gasteiger partial charge in [-0.1, -0.05) is 0 Å². The maximum absolute atomic E-state index is 11.7. The summed E-state index contributed by atoms with van der Waals surface area (Å²) in [7, 11) is 1.48. The smallest absolute Gasteiger partial charge is 0.255 e. The first-order valence-corrected chi connectivity index (χ1v) is 4.48. The fourth-order valence-corrected chi connectivity index (χ4v) is 1.34. The molecule has 0 bridgehead atoms. The van der Waals surface area contributed by atoms with Crippen LogP contribution in [-0.2, 0) is 14.3 Å².